The van der Waals surface area contributed by atoms with Gasteiger partial charge in [0, 0.05) is 0 Å². The summed E-state index contributed by atoms with van der Waals surface area (Å²) >= 11 is -0.0288. The van der Waals surface area contributed by atoms with Crippen LogP contribution in [0.25, 0.3) is 0 Å². The molecule has 2 N–H and O–H groups in total. The number of aliphatic hydroxyl groups is 2. The maximum atomic E-state index is 8.36. The van der Waals surface area contributed by atoms with Crippen LogP contribution in [0.1, 0.15) is 0 Å². The fourth-order valence-corrected chi connectivity index (χ4v) is 7.66. The first-order valence-corrected chi connectivity index (χ1v) is 10.1. The van der Waals surface area contributed by atoms with Gasteiger partial charge in [0.05, 0.1) is 0 Å². The van der Waals surface area contributed by atoms with Crippen molar-refractivity contribution in [3.8, 4) is 0 Å². The molecule has 0 aliphatic heterocycles. The summed E-state index contributed by atoms with van der Waals surface area (Å²) in [6.45, 7) is 0.574. The van der Waals surface area contributed by atoms with Crippen molar-refractivity contribution in [2.45, 2.75) is 0 Å². The van der Waals surface area contributed by atoms with E-state index in [1.54, 1.807) is 0 Å². The SMILES string of the molecule is OCCS[Te]SCCO. The summed E-state index contributed by atoms with van der Waals surface area (Å²) in [5, 5.41) is 16.7. The van der Waals surface area contributed by atoms with Crippen molar-refractivity contribution in [3.05, 3.63) is 0 Å². The van der Waals surface area contributed by atoms with Crippen molar-refractivity contribution in [2.75, 3.05) is 24.7 Å². The zero-order valence-electron chi connectivity index (χ0n) is 4.95. The predicted molar refractivity (Wildman–Crippen MR) is 44.8 cm³/mol. The van der Waals surface area contributed by atoms with Crippen LogP contribution in [0.15, 0.2) is 0 Å². The third-order valence-electron chi connectivity index (χ3n) is 0.445. The Balaban J connectivity index is 2.60. The molecule has 2 nitrogen and oxygen atoms in total. The van der Waals surface area contributed by atoms with E-state index in [9.17, 15) is 0 Å². The van der Waals surface area contributed by atoms with Crippen LogP contribution >= 0.6 is 18.0 Å². The minimum atomic E-state index is -0.0288. The van der Waals surface area contributed by atoms with Gasteiger partial charge in [0.25, 0.3) is 0 Å². The van der Waals surface area contributed by atoms with E-state index < -0.39 is 0 Å². The molecule has 0 aromatic heterocycles. The molecule has 0 saturated heterocycles. The minimum absolute atomic E-state index is 0.0288. The number of hydrogen-bond acceptors (Lipinski definition) is 4. The Labute approximate surface area is 70.8 Å². The first-order valence-electron chi connectivity index (χ1n) is 2.54. The molecule has 0 bridgehead atoms. The van der Waals surface area contributed by atoms with Crippen molar-refractivity contribution >= 4 is 36.2 Å². The van der Waals surface area contributed by atoms with E-state index in [0.717, 1.165) is 11.5 Å². The van der Waals surface area contributed by atoms with Gasteiger partial charge in [0.15, 0.2) is 0 Å². The Kier molecular flexibility index (Phi) is 10.9. The Hall–Kier alpha value is 1.41. The average Bonchev–Trinajstić information content (AvgIpc) is 1.89. The summed E-state index contributed by atoms with van der Waals surface area (Å²) in [6, 6.07) is 0. The fourth-order valence-electron chi connectivity index (χ4n) is 0.177. The molecule has 0 aliphatic carbocycles. The summed E-state index contributed by atoms with van der Waals surface area (Å²) in [5.74, 6) is 1.72. The van der Waals surface area contributed by atoms with Crippen LogP contribution in [-0.2, 0) is 0 Å². The quantitative estimate of drug-likeness (QED) is 0.530. The molecule has 0 atom stereocenters. The molecule has 0 rings (SSSR count). The first-order chi connectivity index (χ1) is 4.41. The molecule has 9 heavy (non-hydrogen) atoms. The first kappa shape index (κ1) is 10.4. The van der Waals surface area contributed by atoms with Crippen LogP contribution < -0.4 is 0 Å². The van der Waals surface area contributed by atoms with Crippen molar-refractivity contribution in [1.29, 1.82) is 0 Å². The normalized spacial score (nSPS) is 10.0. The van der Waals surface area contributed by atoms with Crippen LogP contribution in [0, 0.1) is 0 Å². The average molecular weight is 282 g/mol. The van der Waals surface area contributed by atoms with Gasteiger partial charge in [0.2, 0.25) is 0 Å². The van der Waals surface area contributed by atoms with Gasteiger partial charge < -0.3 is 0 Å². The van der Waals surface area contributed by atoms with Crippen molar-refractivity contribution in [1.82, 2.24) is 0 Å². The van der Waals surface area contributed by atoms with E-state index in [1.807, 2.05) is 18.0 Å². The van der Waals surface area contributed by atoms with Gasteiger partial charge >= 0.3 is 71.1 Å². The zero-order valence-corrected chi connectivity index (χ0v) is 8.91. The van der Waals surface area contributed by atoms with Crippen molar-refractivity contribution < 1.29 is 10.2 Å². The molecular weight excluding hydrogens is 272 g/mol. The molecule has 0 aromatic carbocycles. The molecule has 0 unspecified atom stereocenters. The van der Waals surface area contributed by atoms with Crippen molar-refractivity contribution in [2.24, 2.45) is 0 Å². The molecule has 0 spiro atoms. The van der Waals surface area contributed by atoms with Crippen LogP contribution in [0.5, 0.6) is 0 Å². The Bertz CT molecular complexity index is 49.8. The summed E-state index contributed by atoms with van der Waals surface area (Å²) in [4.78, 5) is 0. The Morgan fingerprint density at radius 3 is 1.78 bits per heavy atom. The van der Waals surface area contributed by atoms with Crippen LogP contribution in [0.4, 0.5) is 0 Å². The second kappa shape index (κ2) is 9.41. The van der Waals surface area contributed by atoms with Crippen LogP contribution in [0.2, 0.25) is 0 Å². The Morgan fingerprint density at radius 1 is 1.00 bits per heavy atom. The standard InChI is InChI=1S/C4H10O2S2Te/c5-1-3-7-9-8-4-2-6/h5-6H,1-4H2. The van der Waals surface area contributed by atoms with E-state index in [2.05, 4.69) is 0 Å². The van der Waals surface area contributed by atoms with Gasteiger partial charge in [-0.2, -0.15) is 0 Å². The maximum absolute atomic E-state index is 8.36. The molecule has 0 amide bonds. The third kappa shape index (κ3) is 9.41. The van der Waals surface area contributed by atoms with Crippen LogP contribution in [-0.4, -0.2) is 53.1 Å². The number of aliphatic hydroxyl groups excluding tert-OH is 2. The molecular formula is C4H10O2S2Te. The van der Waals surface area contributed by atoms with Gasteiger partial charge in [-0.15, -0.1) is 0 Å². The van der Waals surface area contributed by atoms with E-state index in [-0.39, 0.29) is 31.4 Å². The second-order valence-corrected chi connectivity index (χ2v) is 10.5. The van der Waals surface area contributed by atoms with Gasteiger partial charge in [0.1, 0.15) is 0 Å². The molecule has 0 aromatic rings. The zero-order chi connectivity index (χ0) is 6.95. The molecule has 0 radical (unpaired) electrons. The van der Waals surface area contributed by atoms with Gasteiger partial charge in [-0.1, -0.05) is 0 Å². The van der Waals surface area contributed by atoms with Gasteiger partial charge in [-0.3, -0.25) is 0 Å². The molecule has 0 heterocycles. The van der Waals surface area contributed by atoms with E-state index in [0.29, 0.717) is 0 Å². The molecule has 56 valence electrons. The van der Waals surface area contributed by atoms with Gasteiger partial charge in [-0.05, 0) is 0 Å². The molecule has 0 saturated carbocycles. The monoisotopic (exact) mass is 284 g/mol. The predicted octanol–water partition coefficient (Wildman–Crippen LogP) is -0.0284. The number of rotatable bonds is 6. The van der Waals surface area contributed by atoms with Crippen LogP contribution in [0.3, 0.4) is 0 Å². The topological polar surface area (TPSA) is 40.5 Å². The summed E-state index contributed by atoms with van der Waals surface area (Å²) in [6.07, 6.45) is 0. The third-order valence-corrected chi connectivity index (χ3v) is 9.71. The number of hydrogen-bond donors (Lipinski definition) is 2. The van der Waals surface area contributed by atoms with E-state index >= 15 is 0 Å². The fraction of sp³-hybridized carbons (Fsp3) is 1.00. The summed E-state index contributed by atoms with van der Waals surface area (Å²) in [7, 11) is 3.65. The van der Waals surface area contributed by atoms with E-state index in [4.69, 9.17) is 10.2 Å². The summed E-state index contributed by atoms with van der Waals surface area (Å²) in [5.41, 5.74) is 0. The molecule has 0 fully saturated rings. The molecule has 5 heteroatoms. The van der Waals surface area contributed by atoms with Gasteiger partial charge in [-0.25, -0.2) is 0 Å². The van der Waals surface area contributed by atoms with E-state index in [1.165, 1.54) is 0 Å². The molecule has 0 aliphatic rings. The van der Waals surface area contributed by atoms with Crippen molar-refractivity contribution in [3.63, 3.8) is 0 Å². The second-order valence-electron chi connectivity index (χ2n) is 1.16. The Morgan fingerprint density at radius 2 is 1.44 bits per heavy atom. The summed E-state index contributed by atoms with van der Waals surface area (Å²) < 4.78 is 0.